The maximum atomic E-state index is 14.1. The molecule has 8 nitrogen and oxygen atoms in total. The second-order valence-electron chi connectivity index (χ2n) is 13.8. The van der Waals surface area contributed by atoms with Gasteiger partial charge in [-0.3, -0.25) is 9.89 Å². The molecule has 0 saturated heterocycles. The Morgan fingerprint density at radius 3 is 2.09 bits per heavy atom. The minimum Gasteiger partial charge on any atom is -0.494 e. The average molecular weight is 626 g/mol. The number of nitrogens with one attached hydrogen (secondary N) is 1. The Labute approximate surface area is 273 Å². The quantitative estimate of drug-likeness (QED) is 0.190. The third kappa shape index (κ3) is 6.05. The van der Waals surface area contributed by atoms with Gasteiger partial charge in [-0.25, -0.2) is 9.48 Å². The lowest BCUT2D eigenvalue weighted by molar-refractivity contribution is 0.0696. The molecular formula is C38H48N4O4. The number of ether oxygens (including phenoxy) is 1. The molecule has 2 N–H and O–H groups in total. The van der Waals surface area contributed by atoms with E-state index in [1.165, 1.54) is 18.2 Å². The van der Waals surface area contributed by atoms with Crippen LogP contribution >= 0.6 is 0 Å². The molecule has 244 valence electrons. The van der Waals surface area contributed by atoms with Crippen LogP contribution in [0, 0.1) is 34.6 Å². The molecule has 0 aliphatic heterocycles. The summed E-state index contributed by atoms with van der Waals surface area (Å²) in [6, 6.07) is 7.63. The molecule has 0 radical (unpaired) electrons. The van der Waals surface area contributed by atoms with Gasteiger partial charge in [-0.2, -0.15) is 0 Å². The Morgan fingerprint density at radius 1 is 0.913 bits per heavy atom. The number of rotatable bonds is 8. The number of carbonyl (C=O) groups is 1. The Kier molecular flexibility index (Phi) is 9.12. The first kappa shape index (κ1) is 32.9. The summed E-state index contributed by atoms with van der Waals surface area (Å²) in [6.45, 7) is 24.3. The summed E-state index contributed by atoms with van der Waals surface area (Å²) >= 11 is 0. The molecule has 0 spiro atoms. The first-order valence-electron chi connectivity index (χ1n) is 16.3. The van der Waals surface area contributed by atoms with Crippen LogP contribution in [0.1, 0.15) is 117 Å². The molecule has 0 atom stereocenters. The minimum absolute atomic E-state index is 0.0600. The monoisotopic (exact) mass is 625 g/mol. The van der Waals surface area contributed by atoms with E-state index >= 15 is 0 Å². The number of aromatic amines is 1. The van der Waals surface area contributed by atoms with Gasteiger partial charge in [0.25, 0.3) is 5.56 Å². The fourth-order valence-electron chi connectivity index (χ4n) is 6.42. The van der Waals surface area contributed by atoms with Gasteiger partial charge < -0.3 is 9.84 Å². The Bertz CT molecular complexity index is 1970. The van der Waals surface area contributed by atoms with Crippen molar-refractivity contribution >= 4 is 17.3 Å². The van der Waals surface area contributed by atoms with Crippen molar-refractivity contribution in [3.8, 4) is 22.6 Å². The number of benzene rings is 3. The van der Waals surface area contributed by atoms with E-state index in [9.17, 15) is 14.7 Å². The van der Waals surface area contributed by atoms with Crippen LogP contribution in [0.25, 0.3) is 16.8 Å². The molecule has 3 aromatic carbocycles. The number of methoxy groups -OCH3 is 1. The van der Waals surface area contributed by atoms with Gasteiger partial charge in [0, 0.05) is 5.56 Å². The fraction of sp³-hybridized carbons (Fsp3) is 0.421. The van der Waals surface area contributed by atoms with Crippen molar-refractivity contribution in [1.29, 1.82) is 0 Å². The summed E-state index contributed by atoms with van der Waals surface area (Å²) in [5.74, 6) is -0.483. The number of H-pyrrole nitrogens is 1. The first-order valence-corrected chi connectivity index (χ1v) is 15.8. The van der Waals surface area contributed by atoms with E-state index in [4.69, 9.17) is 6.11 Å². The maximum absolute atomic E-state index is 14.1. The molecule has 0 amide bonds. The number of carboxylic acids is 1. The predicted octanol–water partition coefficient (Wildman–Crippen LogP) is 10.0. The normalized spacial score (nSPS) is 12.5. The van der Waals surface area contributed by atoms with Gasteiger partial charge in [-0.15, -0.1) is 10.2 Å². The Morgan fingerprint density at radius 2 is 1.54 bits per heavy atom. The van der Waals surface area contributed by atoms with Crippen LogP contribution in [0.4, 0.5) is 11.4 Å². The number of hydrogen-bond donors (Lipinski definition) is 2. The highest BCUT2D eigenvalue weighted by atomic mass is 16.5. The van der Waals surface area contributed by atoms with Gasteiger partial charge in [0.1, 0.15) is 5.69 Å². The number of hydrogen-bond acceptors (Lipinski definition) is 5. The van der Waals surface area contributed by atoms with Gasteiger partial charge in [-0.1, -0.05) is 60.6 Å². The molecule has 0 unspecified atom stereocenters. The molecule has 0 aliphatic carbocycles. The maximum Gasteiger partial charge on any atom is 0.335 e. The van der Waals surface area contributed by atoms with E-state index in [0.29, 0.717) is 50.9 Å². The van der Waals surface area contributed by atoms with Crippen LogP contribution in [-0.4, -0.2) is 28.0 Å². The third-order valence-electron chi connectivity index (χ3n) is 8.83. The van der Waals surface area contributed by atoms with Crippen molar-refractivity contribution < 1.29 is 16.0 Å². The van der Waals surface area contributed by atoms with Crippen LogP contribution in [0.3, 0.4) is 0 Å². The molecule has 8 heteroatoms. The highest BCUT2D eigenvalue weighted by molar-refractivity contribution is 5.94. The van der Waals surface area contributed by atoms with Gasteiger partial charge >= 0.3 is 5.97 Å². The van der Waals surface area contributed by atoms with E-state index in [0.717, 1.165) is 16.8 Å². The largest absolute Gasteiger partial charge is 0.494 e. The Hall–Kier alpha value is -4.46. The van der Waals surface area contributed by atoms with Crippen LogP contribution < -0.4 is 10.3 Å². The lowest BCUT2D eigenvalue weighted by Crippen LogP contribution is -2.21. The van der Waals surface area contributed by atoms with E-state index in [1.54, 1.807) is 23.7 Å². The van der Waals surface area contributed by atoms with Gasteiger partial charge in [0.2, 0.25) is 0 Å². The second-order valence-corrected chi connectivity index (χ2v) is 13.8. The summed E-state index contributed by atoms with van der Waals surface area (Å²) in [5.41, 5.74) is 8.90. The number of carboxylic acid groups (broad SMARTS) is 1. The smallest absolute Gasteiger partial charge is 0.335 e. The lowest BCUT2D eigenvalue weighted by atomic mass is 9.77. The second kappa shape index (κ2) is 12.7. The summed E-state index contributed by atoms with van der Waals surface area (Å²) in [6.07, 6.45) is 0. The third-order valence-corrected chi connectivity index (χ3v) is 8.83. The molecule has 1 heterocycles. The predicted molar refractivity (Wildman–Crippen MR) is 187 cm³/mol. The molecular weight excluding hydrogens is 576 g/mol. The van der Waals surface area contributed by atoms with Crippen molar-refractivity contribution in [3.05, 3.63) is 90.9 Å². The number of nitrogens with zero attached hydrogens (tertiary/aromatic N) is 3. The summed E-state index contributed by atoms with van der Waals surface area (Å²) in [5, 5.41) is 22.4. The average Bonchev–Trinajstić information content (AvgIpc) is 3.30. The molecule has 1 aromatic heterocycles. The molecule has 0 bridgehead atoms. The first-order chi connectivity index (χ1) is 21.8. The van der Waals surface area contributed by atoms with Crippen LogP contribution in [0.2, 0.25) is 0 Å². The number of aryl methyl sites for hydroxylation is 1. The molecule has 0 aliphatic rings. The van der Waals surface area contributed by atoms with E-state index in [2.05, 4.69) is 62.9 Å². The summed E-state index contributed by atoms with van der Waals surface area (Å²) < 4.78 is 16.5. The van der Waals surface area contributed by atoms with E-state index in [1.807, 2.05) is 40.7 Å². The molecule has 0 fully saturated rings. The molecule has 0 saturated carbocycles. The van der Waals surface area contributed by atoms with Gasteiger partial charge in [0.05, 0.1) is 25.4 Å². The highest BCUT2D eigenvalue weighted by Crippen LogP contribution is 2.45. The number of aromatic nitrogens is 2. The van der Waals surface area contributed by atoms with Crippen molar-refractivity contribution in [1.82, 2.24) is 9.78 Å². The van der Waals surface area contributed by atoms with Crippen molar-refractivity contribution in [3.63, 3.8) is 0 Å². The van der Waals surface area contributed by atoms with Gasteiger partial charge in [0.15, 0.2) is 11.4 Å². The molecule has 4 aromatic rings. The summed E-state index contributed by atoms with van der Waals surface area (Å²) in [4.78, 5) is 26.2. The lowest BCUT2D eigenvalue weighted by Gasteiger charge is -2.28. The zero-order valence-electron chi connectivity index (χ0n) is 30.5. The van der Waals surface area contributed by atoms with Crippen LogP contribution in [-0.2, 0) is 5.41 Å². The zero-order chi connectivity index (χ0) is 35.3. The number of azo groups is 1. The summed E-state index contributed by atoms with van der Waals surface area (Å²) in [7, 11) is 1.50. The highest BCUT2D eigenvalue weighted by Gasteiger charge is 2.27. The zero-order valence-corrected chi connectivity index (χ0v) is 29.5. The Balaban J connectivity index is 2.00. The van der Waals surface area contributed by atoms with E-state index in [-0.39, 0.29) is 34.2 Å². The van der Waals surface area contributed by atoms with E-state index < -0.39 is 5.97 Å². The number of aromatic carboxylic acids is 1. The van der Waals surface area contributed by atoms with Crippen molar-refractivity contribution in [2.45, 2.75) is 100 Å². The van der Waals surface area contributed by atoms with Crippen LogP contribution in [0.5, 0.6) is 5.75 Å². The molecule has 46 heavy (non-hydrogen) atoms. The molecule has 4 rings (SSSR count). The SMILES string of the molecule is [2H]c1c(C)c(C)c(N=Nc2c(C(C)C)[nH]n(-c3ccc(C(C)C)c(C(C)(C)C)c3C)c2=O)c(OC)c1-c1c(C)ccc(C(=O)O)c1C. The van der Waals surface area contributed by atoms with Gasteiger partial charge in [-0.05, 0) is 115 Å². The standard InChI is InChI=1S/C38H48N4O4/c1-19(2)26-16-17-29(25(9)31(26)38(10,11)12)42-36(43)34(32(41-42)20(3)4)40-39-33-23(7)22(6)18-28(35(33)46-13)30-21(5)14-15-27(24(30)8)37(44)45/h14-20,41H,1-13H3,(H,44,45)/i18D. The van der Waals surface area contributed by atoms with Crippen molar-refractivity contribution in [2.24, 2.45) is 10.2 Å². The van der Waals surface area contributed by atoms with Crippen LogP contribution in [0.15, 0.2) is 45.3 Å². The topological polar surface area (TPSA) is 109 Å². The van der Waals surface area contributed by atoms with Crippen molar-refractivity contribution in [2.75, 3.05) is 7.11 Å². The fourth-order valence-corrected chi connectivity index (χ4v) is 6.42. The minimum atomic E-state index is -1.05.